The van der Waals surface area contributed by atoms with Gasteiger partial charge in [-0.1, -0.05) is 0 Å². The Bertz CT molecular complexity index is 500. The van der Waals surface area contributed by atoms with Crippen molar-refractivity contribution in [2.45, 2.75) is 26.2 Å². The van der Waals surface area contributed by atoms with Gasteiger partial charge in [0.05, 0.1) is 0 Å². The Morgan fingerprint density at radius 3 is 2.21 bits per heavy atom. The molecule has 0 amide bonds. The fraction of sp³-hybridized carbons (Fsp3) is 0.222. The Hall–Kier alpha value is -1.30. The Morgan fingerprint density at radius 1 is 0.947 bits per heavy atom. The second kappa shape index (κ2) is 7.99. The predicted molar refractivity (Wildman–Crippen MR) is 85.8 cm³/mol. The molecule has 0 aliphatic carbocycles. The molecule has 0 unspecified atom stereocenters. The maximum absolute atomic E-state index is 2.38. The zero-order chi connectivity index (χ0) is 13.3. The average molecular weight is 315 g/mol. The van der Waals surface area contributed by atoms with E-state index in [2.05, 4.69) is 73.7 Å². The van der Waals surface area contributed by atoms with E-state index in [1.807, 2.05) is 0 Å². The van der Waals surface area contributed by atoms with Crippen LogP contribution in [-0.2, 0) is 0 Å². The fourth-order valence-electron chi connectivity index (χ4n) is 1.88. The van der Waals surface area contributed by atoms with Gasteiger partial charge in [-0.3, -0.25) is 0 Å². The summed E-state index contributed by atoms with van der Waals surface area (Å²) in [6.45, 7) is 2.26. The first-order valence-corrected chi connectivity index (χ1v) is 8.58. The van der Waals surface area contributed by atoms with Gasteiger partial charge in [0.1, 0.15) is 0 Å². The maximum atomic E-state index is 2.38. The normalized spacial score (nSPS) is 11.5. The first-order valence-electron chi connectivity index (χ1n) is 6.87. The predicted octanol–water partition coefficient (Wildman–Crippen LogP) is 4.25. The third kappa shape index (κ3) is 5.06. The summed E-state index contributed by atoms with van der Waals surface area (Å²) in [5.41, 5.74) is 1.33. The quantitative estimate of drug-likeness (QED) is 0.699. The van der Waals surface area contributed by atoms with E-state index in [0.717, 1.165) is 0 Å². The van der Waals surface area contributed by atoms with Crippen LogP contribution < -0.4 is 4.46 Å². The number of benzene rings is 2. The molecule has 0 heterocycles. The summed E-state index contributed by atoms with van der Waals surface area (Å²) in [7, 11) is 0. The fourth-order valence-corrected chi connectivity index (χ4v) is 4.06. The third-order valence-corrected chi connectivity index (χ3v) is 5.19. The Labute approximate surface area is 122 Å². The van der Waals surface area contributed by atoms with Gasteiger partial charge in [0.25, 0.3) is 0 Å². The van der Waals surface area contributed by atoms with Crippen LogP contribution in [0.15, 0.2) is 65.1 Å². The standard InChI is InChI=1S/C18H20Se/c1-2-3-12-18(15-16-10-6-4-7-11-16)19-17-13-8-5-9-14-17/h4-11,13-15H,2-3,12H2,1H3/b18-15+. The van der Waals surface area contributed by atoms with Crippen molar-refractivity contribution >= 4 is 25.5 Å². The van der Waals surface area contributed by atoms with E-state index in [9.17, 15) is 0 Å². The van der Waals surface area contributed by atoms with Crippen molar-refractivity contribution in [2.75, 3.05) is 0 Å². The molecule has 0 atom stereocenters. The summed E-state index contributed by atoms with van der Waals surface area (Å²) in [6, 6.07) is 21.5. The third-order valence-electron chi connectivity index (χ3n) is 2.90. The van der Waals surface area contributed by atoms with E-state index in [0.29, 0.717) is 15.0 Å². The molecule has 2 rings (SSSR count). The van der Waals surface area contributed by atoms with Crippen LogP contribution in [0.25, 0.3) is 6.08 Å². The summed E-state index contributed by atoms with van der Waals surface area (Å²) < 4.78 is 3.06. The second-order valence-corrected chi connectivity index (χ2v) is 7.06. The molecule has 0 radical (unpaired) electrons. The number of hydrogen-bond donors (Lipinski definition) is 0. The number of allylic oxidation sites excluding steroid dienone is 1. The molecule has 0 saturated carbocycles. The van der Waals surface area contributed by atoms with E-state index >= 15 is 0 Å². The van der Waals surface area contributed by atoms with Crippen molar-refractivity contribution in [3.05, 3.63) is 70.7 Å². The van der Waals surface area contributed by atoms with E-state index in [-0.39, 0.29) is 0 Å². The molecular formula is C18H20Se. The minimum atomic E-state index is 0.451. The number of hydrogen-bond acceptors (Lipinski definition) is 0. The molecule has 0 nitrogen and oxygen atoms in total. The van der Waals surface area contributed by atoms with Gasteiger partial charge in [-0.2, -0.15) is 0 Å². The van der Waals surface area contributed by atoms with Gasteiger partial charge in [0.15, 0.2) is 0 Å². The van der Waals surface area contributed by atoms with Crippen LogP contribution >= 0.6 is 0 Å². The molecule has 0 aliphatic rings. The van der Waals surface area contributed by atoms with Crippen LogP contribution in [0.1, 0.15) is 31.7 Å². The van der Waals surface area contributed by atoms with Crippen LogP contribution in [0.2, 0.25) is 0 Å². The van der Waals surface area contributed by atoms with E-state index < -0.39 is 0 Å². The molecule has 0 spiro atoms. The Kier molecular flexibility index (Phi) is 5.93. The van der Waals surface area contributed by atoms with Gasteiger partial charge in [-0.25, -0.2) is 0 Å². The summed E-state index contributed by atoms with van der Waals surface area (Å²) in [4.78, 5) is 0. The van der Waals surface area contributed by atoms with Crippen LogP contribution in [0.4, 0.5) is 0 Å². The van der Waals surface area contributed by atoms with Crippen molar-refractivity contribution in [2.24, 2.45) is 0 Å². The van der Waals surface area contributed by atoms with E-state index in [4.69, 9.17) is 0 Å². The van der Waals surface area contributed by atoms with Gasteiger partial charge in [0.2, 0.25) is 0 Å². The summed E-state index contributed by atoms with van der Waals surface area (Å²) >= 11 is 0.451. The zero-order valence-corrected chi connectivity index (χ0v) is 13.1. The molecule has 0 saturated heterocycles. The molecule has 1 heteroatoms. The van der Waals surface area contributed by atoms with Crippen LogP contribution in [0.5, 0.6) is 0 Å². The van der Waals surface area contributed by atoms with E-state index in [1.165, 1.54) is 29.3 Å². The number of rotatable bonds is 6. The topological polar surface area (TPSA) is 0 Å². The van der Waals surface area contributed by atoms with Crippen LogP contribution in [0.3, 0.4) is 0 Å². The molecule has 0 aliphatic heterocycles. The van der Waals surface area contributed by atoms with Gasteiger partial charge < -0.3 is 0 Å². The van der Waals surface area contributed by atoms with Crippen molar-refractivity contribution in [3.63, 3.8) is 0 Å². The van der Waals surface area contributed by atoms with Gasteiger partial charge in [0, 0.05) is 0 Å². The van der Waals surface area contributed by atoms with Crippen molar-refractivity contribution in [1.82, 2.24) is 0 Å². The van der Waals surface area contributed by atoms with Gasteiger partial charge in [-0.15, -0.1) is 0 Å². The second-order valence-electron chi connectivity index (χ2n) is 4.54. The molecule has 19 heavy (non-hydrogen) atoms. The molecular weight excluding hydrogens is 295 g/mol. The molecule has 2 aromatic carbocycles. The minimum absolute atomic E-state index is 0.451. The van der Waals surface area contributed by atoms with Crippen LogP contribution in [-0.4, -0.2) is 15.0 Å². The Balaban J connectivity index is 2.14. The first-order chi connectivity index (χ1) is 9.38. The summed E-state index contributed by atoms with van der Waals surface area (Å²) in [5, 5.41) is 0. The van der Waals surface area contributed by atoms with Gasteiger partial charge >= 0.3 is 122 Å². The average Bonchev–Trinajstić information content (AvgIpc) is 2.47. The summed E-state index contributed by atoms with van der Waals surface area (Å²) in [5.74, 6) is 0. The molecule has 0 fully saturated rings. The molecule has 0 bridgehead atoms. The monoisotopic (exact) mass is 316 g/mol. The van der Waals surface area contributed by atoms with E-state index in [1.54, 1.807) is 4.47 Å². The van der Waals surface area contributed by atoms with Gasteiger partial charge in [-0.05, 0) is 0 Å². The number of unbranched alkanes of at least 4 members (excludes halogenated alkanes) is 1. The van der Waals surface area contributed by atoms with Crippen molar-refractivity contribution in [1.29, 1.82) is 0 Å². The zero-order valence-electron chi connectivity index (χ0n) is 11.4. The molecule has 2 aromatic rings. The van der Waals surface area contributed by atoms with Crippen LogP contribution in [0, 0.1) is 0 Å². The molecule has 0 aromatic heterocycles. The SMILES string of the molecule is CCCC/C(=C\c1ccccc1)[Se]c1ccccc1. The summed E-state index contributed by atoms with van der Waals surface area (Å²) in [6.07, 6.45) is 6.15. The molecule has 98 valence electrons. The first kappa shape index (κ1) is 14.1. The van der Waals surface area contributed by atoms with Crippen molar-refractivity contribution < 1.29 is 0 Å². The van der Waals surface area contributed by atoms with Crippen molar-refractivity contribution in [3.8, 4) is 0 Å². The molecule has 0 N–H and O–H groups in total. The Morgan fingerprint density at radius 2 is 1.58 bits per heavy atom.